The first-order valence-corrected chi connectivity index (χ1v) is 13.5. The summed E-state index contributed by atoms with van der Waals surface area (Å²) in [4.78, 5) is 31.3. The van der Waals surface area contributed by atoms with Gasteiger partial charge >= 0.3 is 6.18 Å². The molecular weight excluding hydrogens is 589 g/mol. The van der Waals surface area contributed by atoms with Gasteiger partial charge < -0.3 is 10.6 Å². The SMILES string of the molecule is Cc1cc(C#N)cc(C(=O)NC(C)C2CCC2)c1NC(=O)c1cc(Cn2nnnc2C(F)(F)F)nn1-c1ncccc1Cl. The van der Waals surface area contributed by atoms with E-state index in [1.54, 1.807) is 13.0 Å². The first-order chi connectivity index (χ1) is 20.5. The molecular formula is C27H24ClF3N10O2. The number of pyridine rings is 1. The van der Waals surface area contributed by atoms with E-state index < -0.39 is 30.4 Å². The average Bonchev–Trinajstić information content (AvgIpc) is 3.56. The number of halogens is 4. The van der Waals surface area contributed by atoms with Crippen molar-refractivity contribution < 1.29 is 22.8 Å². The van der Waals surface area contributed by atoms with Crippen LogP contribution in [-0.2, 0) is 12.7 Å². The van der Waals surface area contributed by atoms with Gasteiger partial charge in [0.15, 0.2) is 5.82 Å². The molecule has 0 saturated heterocycles. The van der Waals surface area contributed by atoms with E-state index in [1.165, 1.54) is 30.5 Å². The molecule has 0 spiro atoms. The standard InChI is InChI=1S/C27H24ClF3N10O2/c1-14-9-16(12-32)10-19(24(42)34-15(2)17-5-3-6-17)22(14)35-25(43)21-11-18(13-40-26(27(29,30)31)36-38-39-40)37-41(21)23-20(28)7-4-8-33-23/h4,7-11,15,17H,3,5-6,13H2,1-2H3,(H,34,42)(H,35,43). The molecule has 3 heterocycles. The zero-order chi connectivity index (χ0) is 30.9. The summed E-state index contributed by atoms with van der Waals surface area (Å²) in [5.41, 5.74) is 0.764. The largest absolute Gasteiger partial charge is 0.453 e. The van der Waals surface area contributed by atoms with Crippen LogP contribution in [0.4, 0.5) is 18.9 Å². The molecule has 16 heteroatoms. The van der Waals surface area contributed by atoms with Crippen LogP contribution in [-0.4, -0.2) is 52.8 Å². The van der Waals surface area contributed by atoms with E-state index in [0.29, 0.717) is 16.2 Å². The van der Waals surface area contributed by atoms with Gasteiger partial charge in [-0.3, -0.25) is 9.59 Å². The Labute approximate surface area is 247 Å². The average molecular weight is 613 g/mol. The number of carbonyl (C=O) groups excluding carboxylic acids is 2. The van der Waals surface area contributed by atoms with Crippen LogP contribution >= 0.6 is 11.6 Å². The number of tetrazole rings is 1. The minimum absolute atomic E-state index is 0.00601. The second-order valence-corrected chi connectivity index (χ2v) is 10.5. The van der Waals surface area contributed by atoms with Gasteiger partial charge in [0.2, 0.25) is 0 Å². The number of aromatic nitrogens is 7. The Morgan fingerprint density at radius 3 is 2.65 bits per heavy atom. The molecule has 2 amide bonds. The van der Waals surface area contributed by atoms with Crippen LogP contribution < -0.4 is 10.6 Å². The maximum atomic E-state index is 13.8. The van der Waals surface area contributed by atoms with Crippen molar-refractivity contribution in [3.8, 4) is 11.9 Å². The Hall–Kier alpha value is -4.84. The third-order valence-corrected chi connectivity index (χ3v) is 7.49. The number of rotatable bonds is 8. The zero-order valence-electron chi connectivity index (χ0n) is 22.9. The van der Waals surface area contributed by atoms with Gasteiger partial charge in [-0.25, -0.2) is 14.3 Å². The molecule has 12 nitrogen and oxygen atoms in total. The van der Waals surface area contributed by atoms with Gasteiger partial charge in [-0.2, -0.15) is 23.5 Å². The number of carbonyl (C=O) groups is 2. The Bertz CT molecular complexity index is 1740. The fourth-order valence-electron chi connectivity index (χ4n) is 4.75. The quantitative estimate of drug-likeness (QED) is 0.298. The molecule has 0 bridgehead atoms. The summed E-state index contributed by atoms with van der Waals surface area (Å²) < 4.78 is 41.7. The molecule has 43 heavy (non-hydrogen) atoms. The van der Waals surface area contributed by atoms with Crippen LogP contribution in [0.5, 0.6) is 0 Å². The molecule has 1 aliphatic carbocycles. The lowest BCUT2D eigenvalue weighted by Gasteiger charge is -2.32. The lowest BCUT2D eigenvalue weighted by Crippen LogP contribution is -2.41. The third kappa shape index (κ3) is 6.19. The molecule has 1 atom stereocenters. The predicted molar refractivity (Wildman–Crippen MR) is 146 cm³/mol. The molecule has 3 aromatic heterocycles. The molecule has 1 unspecified atom stereocenters. The van der Waals surface area contributed by atoms with E-state index >= 15 is 0 Å². The molecule has 4 aromatic rings. The molecule has 1 aliphatic rings. The van der Waals surface area contributed by atoms with Crippen molar-refractivity contribution in [2.75, 3.05) is 5.32 Å². The van der Waals surface area contributed by atoms with Crippen LogP contribution in [0, 0.1) is 24.2 Å². The highest BCUT2D eigenvalue weighted by molar-refractivity contribution is 6.32. The molecule has 0 aliphatic heterocycles. The first-order valence-electron chi connectivity index (χ1n) is 13.2. The molecule has 222 valence electrons. The summed E-state index contributed by atoms with van der Waals surface area (Å²) in [7, 11) is 0. The minimum atomic E-state index is -4.82. The molecule has 5 rings (SSSR count). The van der Waals surface area contributed by atoms with E-state index in [4.69, 9.17) is 11.6 Å². The van der Waals surface area contributed by atoms with Gasteiger partial charge in [-0.05, 0) is 78.9 Å². The summed E-state index contributed by atoms with van der Waals surface area (Å²) in [5.74, 6) is -2.19. The molecule has 0 radical (unpaired) electrons. The molecule has 1 fully saturated rings. The number of hydrogen-bond acceptors (Lipinski definition) is 8. The highest BCUT2D eigenvalue weighted by atomic mass is 35.5. The topological polar surface area (TPSA) is 156 Å². The van der Waals surface area contributed by atoms with Gasteiger partial charge in [0, 0.05) is 12.2 Å². The number of nitrogens with zero attached hydrogens (tertiary/aromatic N) is 8. The lowest BCUT2D eigenvalue weighted by molar-refractivity contribution is -0.147. The van der Waals surface area contributed by atoms with Crippen LogP contribution in [0.3, 0.4) is 0 Å². The number of nitriles is 1. The Morgan fingerprint density at radius 1 is 1.23 bits per heavy atom. The van der Waals surface area contributed by atoms with E-state index in [2.05, 4.69) is 36.2 Å². The number of amides is 2. The highest BCUT2D eigenvalue weighted by Crippen LogP contribution is 2.31. The highest BCUT2D eigenvalue weighted by Gasteiger charge is 2.38. The number of hydrogen-bond donors (Lipinski definition) is 2. The Morgan fingerprint density at radius 2 is 2.00 bits per heavy atom. The third-order valence-electron chi connectivity index (χ3n) is 7.19. The van der Waals surface area contributed by atoms with Crippen molar-refractivity contribution in [1.82, 2.24) is 40.3 Å². The van der Waals surface area contributed by atoms with E-state index in [9.17, 15) is 28.0 Å². The fourth-order valence-corrected chi connectivity index (χ4v) is 4.95. The van der Waals surface area contributed by atoms with Crippen molar-refractivity contribution in [3.63, 3.8) is 0 Å². The van der Waals surface area contributed by atoms with Crippen molar-refractivity contribution >= 4 is 29.1 Å². The summed E-state index contributed by atoms with van der Waals surface area (Å²) in [6, 6.07) is 9.14. The van der Waals surface area contributed by atoms with Gasteiger partial charge in [-0.15, -0.1) is 5.10 Å². The number of aryl methyl sites for hydroxylation is 1. The zero-order valence-corrected chi connectivity index (χ0v) is 23.6. The number of alkyl halides is 3. The monoisotopic (exact) mass is 612 g/mol. The Balaban J connectivity index is 1.52. The van der Waals surface area contributed by atoms with Crippen molar-refractivity contribution in [3.05, 3.63) is 75.5 Å². The fraction of sp³-hybridized carbons (Fsp3) is 0.333. The normalized spacial score (nSPS) is 14.1. The van der Waals surface area contributed by atoms with Crippen molar-refractivity contribution in [2.45, 2.75) is 51.9 Å². The molecule has 1 aromatic carbocycles. The van der Waals surface area contributed by atoms with Gasteiger partial charge in [0.25, 0.3) is 17.6 Å². The lowest BCUT2D eigenvalue weighted by atomic mass is 9.80. The van der Waals surface area contributed by atoms with Crippen LogP contribution in [0.25, 0.3) is 5.82 Å². The molecule has 1 saturated carbocycles. The van der Waals surface area contributed by atoms with Crippen LogP contribution in [0.15, 0.2) is 36.5 Å². The smallest absolute Gasteiger partial charge is 0.349 e. The maximum Gasteiger partial charge on any atom is 0.453 e. The van der Waals surface area contributed by atoms with Crippen molar-refractivity contribution in [2.24, 2.45) is 5.92 Å². The summed E-state index contributed by atoms with van der Waals surface area (Å²) >= 11 is 6.32. The maximum absolute atomic E-state index is 13.8. The van der Waals surface area contributed by atoms with Gasteiger partial charge in [0.1, 0.15) is 5.69 Å². The van der Waals surface area contributed by atoms with Crippen LogP contribution in [0.2, 0.25) is 5.02 Å². The van der Waals surface area contributed by atoms with E-state index in [-0.39, 0.29) is 45.1 Å². The summed E-state index contributed by atoms with van der Waals surface area (Å²) in [5, 5.41) is 29.1. The minimum Gasteiger partial charge on any atom is -0.349 e. The van der Waals surface area contributed by atoms with E-state index in [0.717, 1.165) is 23.9 Å². The predicted octanol–water partition coefficient (Wildman–Crippen LogP) is 4.33. The second-order valence-electron chi connectivity index (χ2n) is 10.1. The second kappa shape index (κ2) is 11.8. The van der Waals surface area contributed by atoms with E-state index in [1.807, 2.05) is 13.0 Å². The number of benzene rings is 1. The number of anilines is 1. The number of nitrogens with one attached hydrogen (secondary N) is 2. The van der Waals surface area contributed by atoms with Crippen molar-refractivity contribution in [1.29, 1.82) is 5.26 Å². The summed E-state index contributed by atoms with van der Waals surface area (Å²) in [6.07, 6.45) is -0.323. The molecule has 2 N–H and O–H groups in total. The Kier molecular flexibility index (Phi) is 8.14. The summed E-state index contributed by atoms with van der Waals surface area (Å²) in [6.45, 7) is 3.02. The first kappa shape index (κ1) is 29.6. The van der Waals surface area contributed by atoms with Gasteiger partial charge in [0.05, 0.1) is 40.1 Å². The van der Waals surface area contributed by atoms with Crippen LogP contribution in [0.1, 0.15) is 69.7 Å². The van der Waals surface area contributed by atoms with Gasteiger partial charge in [-0.1, -0.05) is 18.0 Å².